The fourth-order valence-corrected chi connectivity index (χ4v) is 4.26. The number of hydrogen-bond acceptors (Lipinski definition) is 4. The lowest BCUT2D eigenvalue weighted by molar-refractivity contribution is -0.115. The zero-order chi connectivity index (χ0) is 20.5. The SMILES string of the molecule is Cc1ccc(N=C2NC(=O)/C(=C/c3cc(C)n(-c4ccccn4)c3C)S2)c(C)c1. The third-order valence-corrected chi connectivity index (χ3v) is 5.77. The number of pyridine rings is 1. The Bertz CT molecular complexity index is 1160. The fraction of sp³-hybridized carbons (Fsp3) is 0.174. The number of aromatic nitrogens is 2. The van der Waals surface area contributed by atoms with Crippen molar-refractivity contribution in [3.63, 3.8) is 0 Å². The molecule has 3 aromatic rings. The van der Waals surface area contributed by atoms with Crippen molar-refractivity contribution in [1.29, 1.82) is 0 Å². The molecule has 0 aliphatic carbocycles. The van der Waals surface area contributed by atoms with Crippen molar-refractivity contribution in [2.24, 2.45) is 4.99 Å². The van der Waals surface area contributed by atoms with Crippen LogP contribution in [0.3, 0.4) is 0 Å². The van der Waals surface area contributed by atoms with Crippen LogP contribution in [-0.4, -0.2) is 20.6 Å². The molecule has 1 saturated heterocycles. The van der Waals surface area contributed by atoms with Gasteiger partial charge in [-0.3, -0.25) is 4.79 Å². The van der Waals surface area contributed by atoms with Crippen LogP contribution in [0.25, 0.3) is 11.9 Å². The molecule has 0 spiro atoms. The standard InChI is InChI=1S/C23H22N4OS/c1-14-8-9-19(15(2)11-14)25-23-26-22(28)20(29-23)13-18-12-16(3)27(17(18)4)21-7-5-6-10-24-21/h5-13H,1-4H3,(H,25,26,28)/b20-13-. The second-order valence-corrected chi connectivity index (χ2v) is 8.15. The van der Waals surface area contributed by atoms with E-state index in [1.54, 1.807) is 6.20 Å². The molecule has 3 heterocycles. The molecule has 146 valence electrons. The van der Waals surface area contributed by atoms with E-state index in [2.05, 4.69) is 38.9 Å². The highest BCUT2D eigenvalue weighted by Gasteiger charge is 2.25. The van der Waals surface area contributed by atoms with Crippen LogP contribution in [0.2, 0.25) is 0 Å². The summed E-state index contributed by atoms with van der Waals surface area (Å²) in [6.45, 7) is 8.16. The van der Waals surface area contributed by atoms with E-state index in [0.717, 1.165) is 34.0 Å². The number of carbonyl (C=O) groups excluding carboxylic acids is 1. The van der Waals surface area contributed by atoms with Gasteiger partial charge in [-0.05, 0) is 80.9 Å². The number of hydrogen-bond donors (Lipinski definition) is 1. The first-order valence-electron chi connectivity index (χ1n) is 9.39. The van der Waals surface area contributed by atoms with E-state index in [-0.39, 0.29) is 5.91 Å². The Labute approximate surface area is 174 Å². The predicted octanol–water partition coefficient (Wildman–Crippen LogP) is 5.00. The molecule has 2 aromatic heterocycles. The molecule has 0 bridgehead atoms. The number of aryl methyl sites for hydroxylation is 3. The lowest BCUT2D eigenvalue weighted by Crippen LogP contribution is -2.19. The van der Waals surface area contributed by atoms with Crippen molar-refractivity contribution in [3.05, 3.63) is 81.6 Å². The Hall–Kier alpha value is -3.12. The van der Waals surface area contributed by atoms with Crippen molar-refractivity contribution in [1.82, 2.24) is 14.9 Å². The van der Waals surface area contributed by atoms with E-state index in [9.17, 15) is 4.79 Å². The van der Waals surface area contributed by atoms with Gasteiger partial charge in [0, 0.05) is 17.6 Å². The minimum Gasteiger partial charge on any atom is -0.303 e. The summed E-state index contributed by atoms with van der Waals surface area (Å²) in [4.78, 5) is 22.2. The number of amidine groups is 1. The minimum absolute atomic E-state index is 0.124. The van der Waals surface area contributed by atoms with Crippen molar-refractivity contribution < 1.29 is 4.79 Å². The zero-order valence-electron chi connectivity index (χ0n) is 16.9. The van der Waals surface area contributed by atoms with Gasteiger partial charge in [0.05, 0.1) is 10.6 Å². The van der Waals surface area contributed by atoms with E-state index in [4.69, 9.17) is 0 Å². The number of rotatable bonds is 3. The quantitative estimate of drug-likeness (QED) is 0.628. The lowest BCUT2D eigenvalue weighted by atomic mass is 10.1. The maximum atomic E-state index is 12.5. The summed E-state index contributed by atoms with van der Waals surface area (Å²) in [6.07, 6.45) is 3.70. The Morgan fingerprint density at radius 3 is 2.66 bits per heavy atom. The van der Waals surface area contributed by atoms with Crippen LogP contribution in [0, 0.1) is 27.7 Å². The monoisotopic (exact) mass is 402 g/mol. The van der Waals surface area contributed by atoms with Gasteiger partial charge in [-0.1, -0.05) is 23.8 Å². The molecule has 1 aliphatic rings. The molecule has 0 unspecified atom stereocenters. The minimum atomic E-state index is -0.124. The van der Waals surface area contributed by atoms with Gasteiger partial charge in [0.2, 0.25) is 0 Å². The zero-order valence-corrected chi connectivity index (χ0v) is 17.7. The summed E-state index contributed by atoms with van der Waals surface area (Å²) in [5, 5.41) is 3.48. The molecular weight excluding hydrogens is 380 g/mol. The van der Waals surface area contributed by atoms with Crippen LogP contribution in [0.1, 0.15) is 28.1 Å². The van der Waals surface area contributed by atoms with E-state index in [1.165, 1.54) is 17.3 Å². The summed E-state index contributed by atoms with van der Waals surface area (Å²) < 4.78 is 2.09. The second kappa shape index (κ2) is 7.72. The first-order chi connectivity index (χ1) is 13.9. The summed E-state index contributed by atoms with van der Waals surface area (Å²) in [6, 6.07) is 14.0. The third-order valence-electron chi connectivity index (χ3n) is 4.86. The summed E-state index contributed by atoms with van der Waals surface area (Å²) in [5.74, 6) is 0.744. The molecule has 0 saturated carbocycles. The maximum Gasteiger partial charge on any atom is 0.264 e. The number of aliphatic imine (C=N–C) groups is 1. The van der Waals surface area contributed by atoms with Gasteiger partial charge in [-0.15, -0.1) is 0 Å². The average molecular weight is 403 g/mol. The number of amides is 1. The smallest absolute Gasteiger partial charge is 0.264 e. The fourth-order valence-electron chi connectivity index (χ4n) is 3.43. The van der Waals surface area contributed by atoms with Gasteiger partial charge < -0.3 is 9.88 Å². The molecule has 4 rings (SSSR count). The number of benzene rings is 1. The first-order valence-corrected chi connectivity index (χ1v) is 10.2. The molecule has 1 aliphatic heterocycles. The molecule has 1 aromatic carbocycles. The van der Waals surface area contributed by atoms with Crippen molar-refractivity contribution in [2.45, 2.75) is 27.7 Å². The molecular formula is C23H22N4OS. The predicted molar refractivity (Wildman–Crippen MR) is 120 cm³/mol. The van der Waals surface area contributed by atoms with Crippen molar-refractivity contribution in [3.8, 4) is 5.82 Å². The van der Waals surface area contributed by atoms with E-state index in [1.807, 2.05) is 57.2 Å². The van der Waals surface area contributed by atoms with Gasteiger partial charge in [-0.25, -0.2) is 9.98 Å². The van der Waals surface area contributed by atoms with Crippen LogP contribution in [0.15, 0.2) is 58.6 Å². The molecule has 0 radical (unpaired) electrons. The van der Waals surface area contributed by atoms with Crippen LogP contribution in [-0.2, 0) is 4.79 Å². The van der Waals surface area contributed by atoms with E-state index in [0.29, 0.717) is 10.1 Å². The molecule has 29 heavy (non-hydrogen) atoms. The Kier molecular flexibility index (Phi) is 5.11. The molecule has 1 N–H and O–H groups in total. The Morgan fingerprint density at radius 2 is 1.93 bits per heavy atom. The second-order valence-electron chi connectivity index (χ2n) is 7.12. The molecule has 1 fully saturated rings. The third kappa shape index (κ3) is 3.89. The van der Waals surface area contributed by atoms with Gasteiger partial charge in [0.1, 0.15) is 5.82 Å². The van der Waals surface area contributed by atoms with Gasteiger partial charge in [0.25, 0.3) is 5.91 Å². The largest absolute Gasteiger partial charge is 0.303 e. The number of nitrogens with zero attached hydrogens (tertiary/aromatic N) is 3. The lowest BCUT2D eigenvalue weighted by Gasteiger charge is -2.07. The Balaban J connectivity index is 1.64. The highest BCUT2D eigenvalue weighted by Crippen LogP contribution is 2.31. The molecule has 1 amide bonds. The maximum absolute atomic E-state index is 12.5. The van der Waals surface area contributed by atoms with Crippen LogP contribution in [0.4, 0.5) is 5.69 Å². The number of carbonyl (C=O) groups is 1. The molecule has 5 nitrogen and oxygen atoms in total. The van der Waals surface area contributed by atoms with Crippen LogP contribution in [0.5, 0.6) is 0 Å². The summed E-state index contributed by atoms with van der Waals surface area (Å²) >= 11 is 1.37. The van der Waals surface area contributed by atoms with Gasteiger partial charge >= 0.3 is 0 Å². The molecule has 0 atom stereocenters. The van der Waals surface area contributed by atoms with Crippen molar-refractivity contribution in [2.75, 3.05) is 0 Å². The first kappa shape index (κ1) is 19.2. The van der Waals surface area contributed by atoms with Crippen molar-refractivity contribution >= 4 is 34.6 Å². The highest BCUT2D eigenvalue weighted by atomic mass is 32.2. The summed E-state index contributed by atoms with van der Waals surface area (Å²) in [5.41, 5.74) is 6.26. The number of nitrogens with one attached hydrogen (secondary N) is 1. The van der Waals surface area contributed by atoms with Crippen LogP contribution >= 0.6 is 11.8 Å². The van der Waals surface area contributed by atoms with E-state index >= 15 is 0 Å². The average Bonchev–Trinajstić information content (AvgIpc) is 3.17. The topological polar surface area (TPSA) is 59.3 Å². The van der Waals surface area contributed by atoms with Gasteiger partial charge in [0.15, 0.2) is 5.17 Å². The Morgan fingerprint density at radius 1 is 1.10 bits per heavy atom. The van der Waals surface area contributed by atoms with Gasteiger partial charge in [-0.2, -0.15) is 0 Å². The normalized spacial score (nSPS) is 16.6. The van der Waals surface area contributed by atoms with E-state index < -0.39 is 0 Å². The molecule has 6 heteroatoms. The highest BCUT2D eigenvalue weighted by molar-refractivity contribution is 8.18. The van der Waals surface area contributed by atoms with Crippen LogP contribution < -0.4 is 5.32 Å². The summed E-state index contributed by atoms with van der Waals surface area (Å²) in [7, 11) is 0. The number of thioether (sulfide) groups is 1.